The van der Waals surface area contributed by atoms with E-state index in [0.717, 1.165) is 36.4 Å². The molecule has 1 aliphatic rings. The number of para-hydroxylation sites is 1. The second kappa shape index (κ2) is 7.34. The highest BCUT2D eigenvalue weighted by molar-refractivity contribution is 5.80. The molecule has 3 rings (SSSR count). The number of nitrogens with zero attached hydrogens (tertiary/aromatic N) is 2. The predicted molar refractivity (Wildman–Crippen MR) is 92.7 cm³/mol. The SMILES string of the molecule is COc1ccccc1[C@@H](NC(=O)[C@H]1CC=CCC1)c1nccn1C. The van der Waals surface area contributed by atoms with Gasteiger partial charge in [-0.15, -0.1) is 0 Å². The average Bonchev–Trinajstić information content (AvgIpc) is 3.06. The molecule has 5 heteroatoms. The Balaban J connectivity index is 1.92. The van der Waals surface area contributed by atoms with E-state index in [9.17, 15) is 4.79 Å². The van der Waals surface area contributed by atoms with Gasteiger partial charge in [-0.1, -0.05) is 30.4 Å². The van der Waals surface area contributed by atoms with Crippen LogP contribution in [0.4, 0.5) is 0 Å². The quantitative estimate of drug-likeness (QED) is 0.860. The van der Waals surface area contributed by atoms with Gasteiger partial charge in [0.2, 0.25) is 5.91 Å². The van der Waals surface area contributed by atoms with Crippen molar-refractivity contribution in [3.05, 3.63) is 60.2 Å². The Morgan fingerprint density at radius 3 is 2.88 bits per heavy atom. The fourth-order valence-electron chi connectivity index (χ4n) is 3.13. The first-order valence-electron chi connectivity index (χ1n) is 8.26. The number of hydrogen-bond donors (Lipinski definition) is 1. The molecule has 0 saturated carbocycles. The molecule has 1 aromatic carbocycles. The molecule has 2 atom stereocenters. The predicted octanol–water partition coefficient (Wildman–Crippen LogP) is 2.99. The highest BCUT2D eigenvalue weighted by Gasteiger charge is 2.27. The first kappa shape index (κ1) is 16.3. The summed E-state index contributed by atoms with van der Waals surface area (Å²) in [5.41, 5.74) is 0.911. The van der Waals surface area contributed by atoms with Gasteiger partial charge in [0.05, 0.1) is 7.11 Å². The molecule has 24 heavy (non-hydrogen) atoms. The number of aryl methyl sites for hydroxylation is 1. The number of imidazole rings is 1. The largest absolute Gasteiger partial charge is 0.496 e. The monoisotopic (exact) mass is 325 g/mol. The van der Waals surface area contributed by atoms with Gasteiger partial charge in [0, 0.05) is 30.9 Å². The Hall–Kier alpha value is -2.56. The summed E-state index contributed by atoms with van der Waals surface area (Å²) in [6, 6.07) is 7.41. The number of nitrogens with one attached hydrogen (secondary N) is 1. The Bertz CT molecular complexity index is 736. The lowest BCUT2D eigenvalue weighted by Crippen LogP contribution is -2.36. The highest BCUT2D eigenvalue weighted by Crippen LogP contribution is 2.30. The van der Waals surface area contributed by atoms with E-state index in [2.05, 4.69) is 22.5 Å². The lowest BCUT2D eigenvalue weighted by molar-refractivity contribution is -0.125. The van der Waals surface area contributed by atoms with Crippen LogP contribution in [0.3, 0.4) is 0 Å². The smallest absolute Gasteiger partial charge is 0.224 e. The van der Waals surface area contributed by atoms with Crippen molar-refractivity contribution in [3.8, 4) is 5.75 Å². The molecule has 0 aliphatic heterocycles. The molecule has 126 valence electrons. The minimum absolute atomic E-state index is 0.0208. The molecular formula is C19H23N3O2. The van der Waals surface area contributed by atoms with E-state index in [-0.39, 0.29) is 17.9 Å². The third-order valence-corrected chi connectivity index (χ3v) is 4.49. The van der Waals surface area contributed by atoms with Gasteiger partial charge in [0.1, 0.15) is 17.6 Å². The first-order valence-corrected chi connectivity index (χ1v) is 8.26. The van der Waals surface area contributed by atoms with Gasteiger partial charge in [0.15, 0.2) is 0 Å². The number of ether oxygens (including phenoxy) is 1. The second-order valence-electron chi connectivity index (χ2n) is 6.06. The summed E-state index contributed by atoms with van der Waals surface area (Å²) in [4.78, 5) is 17.2. The number of amides is 1. The van der Waals surface area contributed by atoms with Crippen LogP contribution in [0.1, 0.15) is 36.7 Å². The van der Waals surface area contributed by atoms with Crippen molar-refractivity contribution in [2.75, 3.05) is 7.11 Å². The Kier molecular flexibility index (Phi) is 4.99. The Morgan fingerprint density at radius 2 is 2.21 bits per heavy atom. The van der Waals surface area contributed by atoms with E-state index < -0.39 is 0 Å². The number of methoxy groups -OCH3 is 1. The maximum Gasteiger partial charge on any atom is 0.224 e. The molecule has 0 saturated heterocycles. The zero-order valence-corrected chi connectivity index (χ0v) is 14.1. The van der Waals surface area contributed by atoms with Crippen molar-refractivity contribution < 1.29 is 9.53 Å². The number of carbonyl (C=O) groups excluding carboxylic acids is 1. The van der Waals surface area contributed by atoms with Crippen LogP contribution in [0.15, 0.2) is 48.8 Å². The normalized spacial score (nSPS) is 18.2. The third-order valence-electron chi connectivity index (χ3n) is 4.49. The lowest BCUT2D eigenvalue weighted by Gasteiger charge is -2.24. The van der Waals surface area contributed by atoms with E-state index in [0.29, 0.717) is 0 Å². The fraction of sp³-hybridized carbons (Fsp3) is 0.368. The van der Waals surface area contributed by atoms with Crippen molar-refractivity contribution >= 4 is 5.91 Å². The zero-order valence-electron chi connectivity index (χ0n) is 14.1. The van der Waals surface area contributed by atoms with Crippen LogP contribution in [0, 0.1) is 5.92 Å². The molecule has 1 aromatic heterocycles. The van der Waals surface area contributed by atoms with Gasteiger partial charge in [-0.3, -0.25) is 4.79 Å². The van der Waals surface area contributed by atoms with E-state index in [1.54, 1.807) is 13.3 Å². The van der Waals surface area contributed by atoms with Crippen LogP contribution >= 0.6 is 0 Å². The molecule has 0 radical (unpaired) electrons. The number of rotatable bonds is 5. The third kappa shape index (κ3) is 3.35. The minimum Gasteiger partial charge on any atom is -0.496 e. The van der Waals surface area contributed by atoms with Crippen molar-refractivity contribution in [1.82, 2.24) is 14.9 Å². The number of aromatic nitrogens is 2. The van der Waals surface area contributed by atoms with Gasteiger partial charge in [-0.25, -0.2) is 4.98 Å². The first-order chi connectivity index (χ1) is 11.7. The van der Waals surface area contributed by atoms with Crippen molar-refractivity contribution in [2.45, 2.75) is 25.3 Å². The van der Waals surface area contributed by atoms with Gasteiger partial charge in [-0.2, -0.15) is 0 Å². The summed E-state index contributed by atoms with van der Waals surface area (Å²) in [5, 5.41) is 3.18. The summed E-state index contributed by atoms with van der Waals surface area (Å²) < 4.78 is 7.42. The van der Waals surface area contributed by atoms with E-state index in [1.807, 2.05) is 42.1 Å². The summed E-state index contributed by atoms with van der Waals surface area (Å²) in [6.45, 7) is 0. The van der Waals surface area contributed by atoms with Crippen molar-refractivity contribution in [3.63, 3.8) is 0 Å². The van der Waals surface area contributed by atoms with E-state index in [1.165, 1.54) is 0 Å². The molecule has 0 fully saturated rings. The maximum atomic E-state index is 12.8. The molecule has 1 heterocycles. The molecular weight excluding hydrogens is 302 g/mol. The van der Waals surface area contributed by atoms with Gasteiger partial charge in [-0.05, 0) is 25.3 Å². The molecule has 1 amide bonds. The summed E-state index contributed by atoms with van der Waals surface area (Å²) in [6.07, 6.45) is 10.5. The highest BCUT2D eigenvalue weighted by atomic mass is 16.5. The zero-order chi connectivity index (χ0) is 16.9. The summed E-state index contributed by atoms with van der Waals surface area (Å²) in [7, 11) is 3.57. The standard InChI is InChI=1S/C19H23N3O2/c1-22-13-12-20-18(22)17(15-10-6-7-11-16(15)24-2)21-19(23)14-8-4-3-5-9-14/h3-4,6-7,10-14,17H,5,8-9H2,1-2H3,(H,21,23)/t14-,17+/m0/s1. The average molecular weight is 325 g/mol. The Labute approximate surface area is 142 Å². The van der Waals surface area contributed by atoms with Crippen LogP contribution in [-0.4, -0.2) is 22.6 Å². The van der Waals surface area contributed by atoms with Gasteiger partial charge < -0.3 is 14.6 Å². The molecule has 0 bridgehead atoms. The molecule has 1 N–H and O–H groups in total. The van der Waals surface area contributed by atoms with Crippen LogP contribution in [-0.2, 0) is 11.8 Å². The van der Waals surface area contributed by atoms with Crippen LogP contribution < -0.4 is 10.1 Å². The summed E-state index contributed by atoms with van der Waals surface area (Å²) in [5.74, 6) is 1.62. The fourth-order valence-corrected chi connectivity index (χ4v) is 3.13. The van der Waals surface area contributed by atoms with E-state index in [4.69, 9.17) is 4.74 Å². The second-order valence-corrected chi connectivity index (χ2v) is 6.06. The molecule has 0 unspecified atom stereocenters. The molecule has 5 nitrogen and oxygen atoms in total. The number of allylic oxidation sites excluding steroid dienone is 2. The van der Waals surface area contributed by atoms with E-state index >= 15 is 0 Å². The Morgan fingerprint density at radius 1 is 1.38 bits per heavy atom. The number of carbonyl (C=O) groups is 1. The topological polar surface area (TPSA) is 56.1 Å². The molecule has 2 aromatic rings. The molecule has 0 spiro atoms. The van der Waals surface area contributed by atoms with Crippen LogP contribution in [0.25, 0.3) is 0 Å². The number of benzene rings is 1. The summed E-state index contributed by atoms with van der Waals surface area (Å²) >= 11 is 0. The minimum atomic E-state index is -0.334. The maximum absolute atomic E-state index is 12.8. The lowest BCUT2D eigenvalue weighted by atomic mass is 9.93. The number of hydrogen-bond acceptors (Lipinski definition) is 3. The van der Waals surface area contributed by atoms with Gasteiger partial charge in [0.25, 0.3) is 0 Å². The van der Waals surface area contributed by atoms with Crippen molar-refractivity contribution in [2.24, 2.45) is 13.0 Å². The van der Waals surface area contributed by atoms with Gasteiger partial charge >= 0.3 is 0 Å². The van der Waals surface area contributed by atoms with Crippen LogP contribution in [0.5, 0.6) is 5.75 Å². The molecule has 1 aliphatic carbocycles. The van der Waals surface area contributed by atoms with Crippen molar-refractivity contribution in [1.29, 1.82) is 0 Å². The van der Waals surface area contributed by atoms with Crippen LogP contribution in [0.2, 0.25) is 0 Å².